The Balaban J connectivity index is 1.21. The summed E-state index contributed by atoms with van der Waals surface area (Å²) in [6, 6.07) is 17.3. The second-order valence-electron chi connectivity index (χ2n) is 6.41. The van der Waals surface area contributed by atoms with Crippen LogP contribution in [-0.4, -0.2) is 38.4 Å². The molecule has 1 saturated heterocycles. The maximum Gasteiger partial charge on any atom is 0.407 e. The number of hydrogen-bond donors (Lipinski definition) is 2. The zero-order valence-corrected chi connectivity index (χ0v) is 15.4. The highest BCUT2D eigenvalue weighted by Crippen LogP contribution is 2.19. The lowest BCUT2D eigenvalue weighted by atomic mass is 10.2. The zero-order valence-electron chi connectivity index (χ0n) is 15.4. The van der Waals surface area contributed by atoms with Gasteiger partial charge in [0, 0.05) is 19.6 Å². The average molecular weight is 370 g/mol. The minimum absolute atomic E-state index is 0.281. The van der Waals surface area contributed by atoms with Gasteiger partial charge in [-0.05, 0) is 42.7 Å². The third kappa shape index (κ3) is 6.83. The van der Waals surface area contributed by atoms with Gasteiger partial charge in [0.05, 0.1) is 6.61 Å². The number of hydrogen-bond acceptors (Lipinski definition) is 5. The number of nitrogens with one attached hydrogen (secondary N) is 2. The molecule has 1 heterocycles. The monoisotopic (exact) mass is 370 g/mol. The van der Waals surface area contributed by atoms with Crippen LogP contribution in [0.2, 0.25) is 0 Å². The predicted molar refractivity (Wildman–Crippen MR) is 103 cm³/mol. The highest BCUT2D eigenvalue weighted by Gasteiger charge is 2.17. The van der Waals surface area contributed by atoms with Gasteiger partial charge in [-0.2, -0.15) is 0 Å². The summed E-state index contributed by atoms with van der Waals surface area (Å²) in [5.74, 6) is 1.69. The molecule has 1 aliphatic heterocycles. The summed E-state index contributed by atoms with van der Waals surface area (Å²) in [5, 5.41) is 5.92. The topological polar surface area (TPSA) is 68.8 Å². The molecule has 6 nitrogen and oxygen atoms in total. The molecule has 0 bridgehead atoms. The van der Waals surface area contributed by atoms with Gasteiger partial charge in [-0.15, -0.1) is 0 Å². The number of carbonyl (C=O) groups is 1. The SMILES string of the molecule is O=C(NCCCCOc1ccc(OC2CNC2)cc1)OCc1ccccc1. The smallest absolute Gasteiger partial charge is 0.407 e. The van der Waals surface area contributed by atoms with Crippen molar-refractivity contribution in [1.29, 1.82) is 0 Å². The van der Waals surface area contributed by atoms with Crippen molar-refractivity contribution in [3.05, 3.63) is 60.2 Å². The van der Waals surface area contributed by atoms with E-state index in [-0.39, 0.29) is 12.7 Å². The first kappa shape index (κ1) is 19.0. The first-order valence-corrected chi connectivity index (χ1v) is 9.34. The van der Waals surface area contributed by atoms with E-state index < -0.39 is 6.09 Å². The van der Waals surface area contributed by atoms with Crippen molar-refractivity contribution >= 4 is 6.09 Å². The zero-order chi connectivity index (χ0) is 18.7. The van der Waals surface area contributed by atoms with Crippen LogP contribution in [0.5, 0.6) is 11.5 Å². The highest BCUT2D eigenvalue weighted by molar-refractivity contribution is 5.67. The van der Waals surface area contributed by atoms with Crippen LogP contribution < -0.4 is 20.1 Å². The molecule has 0 spiro atoms. The molecule has 1 aliphatic rings. The number of rotatable bonds is 10. The Labute approximate surface area is 159 Å². The third-order valence-electron chi connectivity index (χ3n) is 4.19. The first-order chi connectivity index (χ1) is 13.3. The summed E-state index contributed by atoms with van der Waals surface area (Å²) in [5.41, 5.74) is 0.974. The Hall–Kier alpha value is -2.73. The van der Waals surface area contributed by atoms with Gasteiger partial charge in [0.2, 0.25) is 0 Å². The Kier molecular flexibility index (Phi) is 7.35. The molecule has 3 rings (SSSR count). The Morgan fingerprint density at radius 3 is 2.44 bits per heavy atom. The van der Waals surface area contributed by atoms with Crippen molar-refractivity contribution in [2.75, 3.05) is 26.2 Å². The van der Waals surface area contributed by atoms with Crippen LogP contribution in [0.3, 0.4) is 0 Å². The van der Waals surface area contributed by atoms with Gasteiger partial charge < -0.3 is 24.8 Å². The molecule has 0 atom stereocenters. The van der Waals surface area contributed by atoms with Crippen molar-refractivity contribution < 1.29 is 19.0 Å². The number of alkyl carbamates (subject to hydrolysis) is 1. The lowest BCUT2D eigenvalue weighted by molar-refractivity contribution is 0.139. The summed E-state index contributed by atoms with van der Waals surface area (Å²) in [6.45, 7) is 3.28. The molecule has 2 aromatic rings. The van der Waals surface area contributed by atoms with E-state index >= 15 is 0 Å². The van der Waals surface area contributed by atoms with Gasteiger partial charge in [-0.25, -0.2) is 4.79 Å². The van der Waals surface area contributed by atoms with Gasteiger partial charge in [-0.3, -0.25) is 0 Å². The lowest BCUT2D eigenvalue weighted by Gasteiger charge is -2.27. The molecule has 27 heavy (non-hydrogen) atoms. The fourth-order valence-electron chi connectivity index (χ4n) is 2.53. The van der Waals surface area contributed by atoms with E-state index in [1.165, 1.54) is 0 Å². The van der Waals surface area contributed by atoms with E-state index in [4.69, 9.17) is 14.2 Å². The number of ether oxygens (including phenoxy) is 3. The molecule has 0 radical (unpaired) electrons. The van der Waals surface area contributed by atoms with Crippen molar-refractivity contribution in [3.63, 3.8) is 0 Å². The molecule has 1 amide bonds. The van der Waals surface area contributed by atoms with Crippen molar-refractivity contribution in [1.82, 2.24) is 10.6 Å². The van der Waals surface area contributed by atoms with Gasteiger partial charge in [-0.1, -0.05) is 30.3 Å². The predicted octanol–water partition coefficient (Wildman–Crippen LogP) is 3.12. The number of benzene rings is 2. The van der Waals surface area contributed by atoms with Gasteiger partial charge in [0.15, 0.2) is 0 Å². The van der Waals surface area contributed by atoms with Crippen LogP contribution >= 0.6 is 0 Å². The molecular formula is C21H26N2O4. The number of carbonyl (C=O) groups excluding carboxylic acids is 1. The van der Waals surface area contributed by atoms with E-state index in [0.29, 0.717) is 13.2 Å². The molecule has 2 aromatic carbocycles. The minimum Gasteiger partial charge on any atom is -0.494 e. The molecular weight excluding hydrogens is 344 g/mol. The fourth-order valence-corrected chi connectivity index (χ4v) is 2.53. The molecule has 6 heteroatoms. The fraction of sp³-hybridized carbons (Fsp3) is 0.381. The van der Waals surface area contributed by atoms with E-state index in [1.54, 1.807) is 0 Å². The Morgan fingerprint density at radius 2 is 1.74 bits per heavy atom. The van der Waals surface area contributed by atoms with Crippen molar-refractivity contribution in [3.8, 4) is 11.5 Å². The number of amides is 1. The molecule has 1 fully saturated rings. The largest absolute Gasteiger partial charge is 0.494 e. The normalized spacial score (nSPS) is 13.5. The second kappa shape index (κ2) is 10.4. The van der Waals surface area contributed by atoms with Crippen LogP contribution in [0.25, 0.3) is 0 Å². The van der Waals surface area contributed by atoms with Crippen molar-refractivity contribution in [2.24, 2.45) is 0 Å². The van der Waals surface area contributed by atoms with Crippen molar-refractivity contribution in [2.45, 2.75) is 25.6 Å². The third-order valence-corrected chi connectivity index (χ3v) is 4.19. The summed E-state index contributed by atoms with van der Waals surface area (Å²) >= 11 is 0. The summed E-state index contributed by atoms with van der Waals surface area (Å²) in [7, 11) is 0. The Morgan fingerprint density at radius 1 is 1.00 bits per heavy atom. The van der Waals surface area contributed by atoms with Gasteiger partial charge >= 0.3 is 6.09 Å². The van der Waals surface area contributed by atoms with E-state index in [0.717, 1.165) is 43.0 Å². The molecule has 0 aromatic heterocycles. The second-order valence-corrected chi connectivity index (χ2v) is 6.41. The first-order valence-electron chi connectivity index (χ1n) is 9.34. The molecule has 0 aliphatic carbocycles. The highest BCUT2D eigenvalue weighted by atomic mass is 16.5. The summed E-state index contributed by atoms with van der Waals surface area (Å²) in [6.07, 6.45) is 1.57. The maximum absolute atomic E-state index is 11.6. The standard InChI is InChI=1S/C21H26N2O4/c24-21(26-16-17-6-2-1-3-7-17)23-12-4-5-13-25-18-8-10-19(11-9-18)27-20-14-22-15-20/h1-3,6-11,20,22H,4-5,12-16H2,(H,23,24). The van der Waals surface area contributed by atoms with Crippen LogP contribution in [0.1, 0.15) is 18.4 Å². The Bertz CT molecular complexity index is 687. The number of unbranched alkanes of at least 4 members (excludes halogenated alkanes) is 1. The van der Waals surface area contributed by atoms with Crippen LogP contribution in [0.15, 0.2) is 54.6 Å². The average Bonchev–Trinajstić information content (AvgIpc) is 2.67. The van der Waals surface area contributed by atoms with E-state index in [2.05, 4.69) is 10.6 Å². The quantitative estimate of drug-likeness (QED) is 0.629. The summed E-state index contributed by atoms with van der Waals surface area (Å²) < 4.78 is 16.6. The lowest BCUT2D eigenvalue weighted by Crippen LogP contribution is -2.50. The molecule has 144 valence electrons. The van der Waals surface area contributed by atoms with Gasteiger partial charge in [0.25, 0.3) is 0 Å². The van der Waals surface area contributed by atoms with Gasteiger partial charge in [0.1, 0.15) is 24.2 Å². The maximum atomic E-state index is 11.6. The summed E-state index contributed by atoms with van der Waals surface area (Å²) in [4.78, 5) is 11.6. The van der Waals surface area contributed by atoms with Crippen LogP contribution in [0, 0.1) is 0 Å². The van der Waals surface area contributed by atoms with Crippen LogP contribution in [-0.2, 0) is 11.3 Å². The molecule has 2 N–H and O–H groups in total. The van der Waals surface area contributed by atoms with Crippen LogP contribution in [0.4, 0.5) is 4.79 Å². The molecule has 0 saturated carbocycles. The van der Waals surface area contributed by atoms with E-state index in [1.807, 2.05) is 54.6 Å². The molecule has 0 unspecified atom stereocenters. The van der Waals surface area contributed by atoms with E-state index in [9.17, 15) is 4.79 Å². The minimum atomic E-state index is -0.392.